The number of aryl methyl sites for hydroxylation is 1. The van der Waals surface area contributed by atoms with E-state index in [1.807, 2.05) is 35.2 Å². The van der Waals surface area contributed by atoms with E-state index in [2.05, 4.69) is 25.4 Å². The summed E-state index contributed by atoms with van der Waals surface area (Å²) in [7, 11) is 0. The number of rotatable bonds is 6. The smallest absolute Gasteiger partial charge is 0.248 e. The fraction of sp³-hybridized carbons (Fsp3) is 0.333. The van der Waals surface area contributed by atoms with Crippen LogP contribution in [0, 0.1) is 0 Å². The zero-order valence-electron chi connectivity index (χ0n) is 14.2. The normalized spacial score (nSPS) is 13.9. The highest BCUT2D eigenvalue weighted by atomic mass is 32.1. The van der Waals surface area contributed by atoms with E-state index in [1.54, 1.807) is 11.3 Å². The van der Waals surface area contributed by atoms with Gasteiger partial charge in [-0.1, -0.05) is 0 Å². The summed E-state index contributed by atoms with van der Waals surface area (Å²) in [6.07, 6.45) is 4.92. The molecule has 0 aliphatic carbocycles. The number of hydrogen-bond donors (Lipinski definition) is 1. The summed E-state index contributed by atoms with van der Waals surface area (Å²) < 4.78 is 5.58. The van der Waals surface area contributed by atoms with E-state index in [0.717, 1.165) is 24.3 Å². The van der Waals surface area contributed by atoms with E-state index >= 15 is 0 Å². The fourth-order valence-corrected chi connectivity index (χ4v) is 3.54. The van der Waals surface area contributed by atoms with Gasteiger partial charge in [-0.3, -0.25) is 4.79 Å². The molecule has 0 radical (unpaired) electrons. The highest BCUT2D eigenvalue weighted by molar-refractivity contribution is 7.08. The zero-order valence-corrected chi connectivity index (χ0v) is 15.0. The summed E-state index contributed by atoms with van der Waals surface area (Å²) in [5.41, 5.74) is 2.01. The highest BCUT2D eigenvalue weighted by Crippen LogP contribution is 2.21. The van der Waals surface area contributed by atoms with Crippen LogP contribution in [0.2, 0.25) is 0 Å². The van der Waals surface area contributed by atoms with E-state index in [-0.39, 0.29) is 12.3 Å². The van der Waals surface area contributed by atoms with Gasteiger partial charge in [-0.15, -0.1) is 10.2 Å². The summed E-state index contributed by atoms with van der Waals surface area (Å²) in [5, 5.41) is 14.7. The van der Waals surface area contributed by atoms with Gasteiger partial charge in [-0.25, -0.2) is 4.98 Å². The van der Waals surface area contributed by atoms with Crippen molar-refractivity contribution in [3.8, 4) is 11.5 Å². The summed E-state index contributed by atoms with van der Waals surface area (Å²) in [5.74, 6) is 1.38. The Bertz CT molecular complexity index is 854. The van der Waals surface area contributed by atoms with Crippen LogP contribution in [-0.4, -0.2) is 34.2 Å². The Morgan fingerprint density at radius 1 is 1.23 bits per heavy atom. The van der Waals surface area contributed by atoms with Crippen molar-refractivity contribution in [1.29, 1.82) is 0 Å². The fourth-order valence-electron chi connectivity index (χ4n) is 2.91. The molecule has 1 amide bonds. The first-order chi connectivity index (χ1) is 12.8. The Morgan fingerprint density at radius 3 is 2.85 bits per heavy atom. The molecule has 4 heterocycles. The van der Waals surface area contributed by atoms with E-state index < -0.39 is 0 Å². The first-order valence-corrected chi connectivity index (χ1v) is 9.58. The first-order valence-electron chi connectivity index (χ1n) is 8.64. The van der Waals surface area contributed by atoms with Gasteiger partial charge in [0, 0.05) is 36.9 Å². The molecule has 1 fully saturated rings. The molecule has 7 nitrogen and oxygen atoms in total. The lowest BCUT2D eigenvalue weighted by atomic mass is 10.3. The number of aromatic nitrogens is 3. The summed E-state index contributed by atoms with van der Waals surface area (Å²) in [4.78, 5) is 18.7. The van der Waals surface area contributed by atoms with Crippen LogP contribution in [0.4, 0.5) is 11.5 Å². The molecule has 0 atom stereocenters. The van der Waals surface area contributed by atoms with Gasteiger partial charge in [0.25, 0.3) is 0 Å². The van der Waals surface area contributed by atoms with Gasteiger partial charge < -0.3 is 14.6 Å². The molecule has 0 bridgehead atoms. The van der Waals surface area contributed by atoms with Crippen molar-refractivity contribution < 1.29 is 9.21 Å². The zero-order chi connectivity index (χ0) is 17.8. The lowest BCUT2D eigenvalue weighted by Crippen LogP contribution is -2.18. The average molecular weight is 369 g/mol. The quantitative estimate of drug-likeness (QED) is 0.717. The third-order valence-corrected chi connectivity index (χ3v) is 4.97. The minimum atomic E-state index is -0.123. The highest BCUT2D eigenvalue weighted by Gasteiger charge is 2.14. The van der Waals surface area contributed by atoms with Crippen LogP contribution >= 0.6 is 11.3 Å². The third kappa shape index (κ3) is 3.91. The summed E-state index contributed by atoms with van der Waals surface area (Å²) in [6, 6.07) is 5.76. The lowest BCUT2D eigenvalue weighted by molar-refractivity contribution is -0.116. The van der Waals surface area contributed by atoms with Crippen molar-refractivity contribution in [1.82, 2.24) is 15.2 Å². The minimum Gasteiger partial charge on any atom is -0.421 e. The standard InChI is InChI=1S/C18H19N5O2S/c24-16(5-6-17-21-22-18(25-17)13-7-10-26-12-13)20-15-4-3-14(11-19-15)23-8-1-2-9-23/h3-4,7,10-12H,1-2,5-6,8-9H2,(H,19,20,24). The molecule has 26 heavy (non-hydrogen) atoms. The molecule has 1 aliphatic rings. The first kappa shape index (κ1) is 16.7. The van der Waals surface area contributed by atoms with Gasteiger partial charge in [-0.05, 0) is 36.4 Å². The van der Waals surface area contributed by atoms with E-state index in [0.29, 0.717) is 24.0 Å². The number of anilines is 2. The molecule has 134 valence electrons. The number of carbonyl (C=O) groups excluding carboxylic acids is 1. The largest absolute Gasteiger partial charge is 0.421 e. The molecule has 0 spiro atoms. The molecule has 0 unspecified atom stereocenters. The average Bonchev–Trinajstić information content (AvgIpc) is 3.42. The molecular formula is C18H19N5O2S. The van der Waals surface area contributed by atoms with Crippen molar-refractivity contribution >= 4 is 28.7 Å². The molecule has 0 saturated carbocycles. The van der Waals surface area contributed by atoms with Crippen LogP contribution in [-0.2, 0) is 11.2 Å². The predicted octanol–water partition coefficient (Wildman–Crippen LogP) is 3.36. The summed E-state index contributed by atoms with van der Waals surface area (Å²) in [6.45, 7) is 2.15. The van der Waals surface area contributed by atoms with E-state index in [1.165, 1.54) is 12.8 Å². The minimum absolute atomic E-state index is 0.123. The Morgan fingerprint density at radius 2 is 2.12 bits per heavy atom. The van der Waals surface area contributed by atoms with Gasteiger partial charge in [0.1, 0.15) is 5.82 Å². The second-order valence-electron chi connectivity index (χ2n) is 6.16. The van der Waals surface area contributed by atoms with E-state index in [4.69, 9.17) is 4.42 Å². The van der Waals surface area contributed by atoms with Crippen molar-refractivity contribution in [2.45, 2.75) is 25.7 Å². The van der Waals surface area contributed by atoms with Gasteiger partial charge in [-0.2, -0.15) is 11.3 Å². The van der Waals surface area contributed by atoms with Crippen LogP contribution in [0.25, 0.3) is 11.5 Å². The Kier molecular flexibility index (Phi) is 4.92. The molecule has 8 heteroatoms. The Balaban J connectivity index is 1.28. The van der Waals surface area contributed by atoms with E-state index in [9.17, 15) is 4.79 Å². The van der Waals surface area contributed by atoms with Gasteiger partial charge >= 0.3 is 0 Å². The molecule has 4 rings (SSSR count). The number of pyridine rings is 1. The Hall–Kier alpha value is -2.74. The van der Waals surface area contributed by atoms with Crippen molar-refractivity contribution in [3.63, 3.8) is 0 Å². The van der Waals surface area contributed by atoms with Crippen LogP contribution in [0.1, 0.15) is 25.2 Å². The molecule has 3 aromatic rings. The van der Waals surface area contributed by atoms with Gasteiger partial charge in [0.2, 0.25) is 17.7 Å². The molecule has 0 aromatic carbocycles. The van der Waals surface area contributed by atoms with Crippen LogP contribution in [0.15, 0.2) is 39.6 Å². The molecule has 1 N–H and O–H groups in total. The van der Waals surface area contributed by atoms with Gasteiger partial charge in [0.15, 0.2) is 0 Å². The number of carbonyl (C=O) groups is 1. The molecule has 1 saturated heterocycles. The Labute approximate surface area is 155 Å². The molecule has 3 aromatic heterocycles. The number of hydrogen-bond acceptors (Lipinski definition) is 7. The van der Waals surface area contributed by atoms with Crippen molar-refractivity contribution in [2.75, 3.05) is 23.3 Å². The maximum atomic E-state index is 12.1. The maximum Gasteiger partial charge on any atom is 0.248 e. The van der Waals surface area contributed by atoms with Crippen LogP contribution in [0.5, 0.6) is 0 Å². The number of thiophene rings is 1. The molecule has 1 aliphatic heterocycles. The topological polar surface area (TPSA) is 84.1 Å². The lowest BCUT2D eigenvalue weighted by Gasteiger charge is -2.17. The van der Waals surface area contributed by atoms with Crippen LogP contribution < -0.4 is 10.2 Å². The monoisotopic (exact) mass is 369 g/mol. The van der Waals surface area contributed by atoms with Crippen molar-refractivity contribution in [2.24, 2.45) is 0 Å². The molecular weight excluding hydrogens is 350 g/mol. The third-order valence-electron chi connectivity index (χ3n) is 4.29. The summed E-state index contributed by atoms with van der Waals surface area (Å²) >= 11 is 1.57. The number of nitrogens with one attached hydrogen (secondary N) is 1. The van der Waals surface area contributed by atoms with Crippen LogP contribution in [0.3, 0.4) is 0 Å². The maximum absolute atomic E-state index is 12.1. The SMILES string of the molecule is O=C(CCc1nnc(-c2ccsc2)o1)Nc1ccc(N2CCCC2)cn1. The van der Waals surface area contributed by atoms with Crippen molar-refractivity contribution in [3.05, 3.63) is 41.0 Å². The predicted molar refractivity (Wildman–Crippen MR) is 100 cm³/mol. The van der Waals surface area contributed by atoms with Gasteiger partial charge in [0.05, 0.1) is 11.9 Å². The second kappa shape index (κ2) is 7.65. The number of amides is 1. The number of nitrogens with zero attached hydrogens (tertiary/aromatic N) is 4. The second-order valence-corrected chi connectivity index (χ2v) is 6.94.